The molecule has 2 saturated heterocycles. The monoisotopic (exact) mass is 997 g/mol. The molecule has 0 atom stereocenters. The van der Waals surface area contributed by atoms with E-state index in [0.717, 1.165) is 85.9 Å². The van der Waals surface area contributed by atoms with Gasteiger partial charge in [-0.3, -0.25) is 14.3 Å². The maximum Gasteiger partial charge on any atom is 0.264 e. The molecule has 6 aliphatic rings. The molecule has 0 bridgehead atoms. The Bertz CT molecular complexity index is 2910. The summed E-state index contributed by atoms with van der Waals surface area (Å²) in [5, 5.41) is 32.2. The summed E-state index contributed by atoms with van der Waals surface area (Å²) >= 11 is 0. The molecule has 2 saturated carbocycles. The highest BCUT2D eigenvalue weighted by Crippen LogP contribution is 2.56. The van der Waals surface area contributed by atoms with Crippen molar-refractivity contribution in [1.29, 1.82) is 5.26 Å². The number of carbonyl (C=O) groups excluding carboxylic acids is 2. The Morgan fingerprint density at radius 3 is 2.32 bits per heavy atom. The second-order valence-corrected chi connectivity index (χ2v) is 22.7. The number of H-pyrrole nitrogens is 1. The highest BCUT2D eigenvalue weighted by Gasteiger charge is 2.64. The maximum absolute atomic E-state index is 14.7. The topological polar surface area (TPSA) is 174 Å². The molecule has 73 heavy (non-hydrogen) atoms. The van der Waals surface area contributed by atoms with Gasteiger partial charge in [-0.25, -0.2) is 8.78 Å². The van der Waals surface area contributed by atoms with E-state index in [0.29, 0.717) is 60.1 Å². The summed E-state index contributed by atoms with van der Waals surface area (Å²) in [7, 11) is 1.54. The molecule has 2 amide bonds. The summed E-state index contributed by atoms with van der Waals surface area (Å²) in [6.45, 7) is 15.9. The summed E-state index contributed by atoms with van der Waals surface area (Å²) in [5.74, 6) is 1.94. The number of carbonyl (C=O) groups is 2. The molecule has 2 aromatic heterocycles. The number of nitriles is 1. The van der Waals surface area contributed by atoms with Crippen molar-refractivity contribution in [2.45, 2.75) is 130 Å². The molecule has 6 heterocycles. The van der Waals surface area contributed by atoms with Gasteiger partial charge in [-0.1, -0.05) is 27.7 Å². The van der Waals surface area contributed by atoms with Gasteiger partial charge >= 0.3 is 0 Å². The number of anilines is 3. The molecular weight excluding hydrogens is 931 g/mol. The molecule has 4 fully saturated rings. The molecular formula is C55H66F2N12O4. The fourth-order valence-electron chi connectivity index (χ4n) is 13.9. The summed E-state index contributed by atoms with van der Waals surface area (Å²) < 4.78 is 43.4. The van der Waals surface area contributed by atoms with Crippen molar-refractivity contribution in [2.75, 3.05) is 56.2 Å². The van der Waals surface area contributed by atoms with Gasteiger partial charge < -0.3 is 34.4 Å². The van der Waals surface area contributed by atoms with Gasteiger partial charge in [-0.2, -0.15) is 15.6 Å². The minimum absolute atomic E-state index is 0.0191. The zero-order chi connectivity index (χ0) is 51.0. The molecule has 18 heteroatoms. The molecule has 5 aromatic rings. The summed E-state index contributed by atoms with van der Waals surface area (Å²) in [6, 6.07) is 19.5. The number of tetrazole rings is 1. The Hall–Kier alpha value is -6.61. The first-order valence-electron chi connectivity index (χ1n) is 26.0. The number of halogens is 2. The van der Waals surface area contributed by atoms with Crippen LogP contribution in [0.3, 0.4) is 0 Å². The Morgan fingerprint density at radius 2 is 1.66 bits per heavy atom. The molecule has 16 nitrogen and oxygen atoms in total. The summed E-state index contributed by atoms with van der Waals surface area (Å²) in [4.78, 5) is 35.5. The number of rotatable bonds is 11. The molecule has 2 aliphatic carbocycles. The Kier molecular flexibility index (Phi) is 12.5. The second kappa shape index (κ2) is 18.7. The molecule has 0 radical (unpaired) electrons. The van der Waals surface area contributed by atoms with Gasteiger partial charge in [0.15, 0.2) is 5.82 Å². The van der Waals surface area contributed by atoms with Crippen LogP contribution in [0.15, 0.2) is 54.6 Å². The van der Waals surface area contributed by atoms with Gasteiger partial charge in [-0.05, 0) is 111 Å². The zero-order valence-electron chi connectivity index (χ0n) is 42.8. The third-order valence-electron chi connectivity index (χ3n) is 17.5. The average molecular weight is 997 g/mol. The van der Waals surface area contributed by atoms with E-state index < -0.39 is 6.43 Å². The van der Waals surface area contributed by atoms with Crippen LogP contribution in [-0.4, -0.2) is 117 Å². The first-order valence-corrected chi connectivity index (χ1v) is 26.0. The van der Waals surface area contributed by atoms with Gasteiger partial charge in [0.2, 0.25) is 11.7 Å². The number of nitrogens with zero attached hydrogens (tertiary/aromatic N) is 10. The minimum atomic E-state index is -2.73. The average Bonchev–Trinajstić information content (AvgIpc) is 4.08. The van der Waals surface area contributed by atoms with Crippen molar-refractivity contribution in [2.24, 2.45) is 16.2 Å². The lowest BCUT2D eigenvalue weighted by Gasteiger charge is -2.63. The molecule has 1 spiro atoms. The lowest BCUT2D eigenvalue weighted by Crippen LogP contribution is -2.74. The van der Waals surface area contributed by atoms with Gasteiger partial charge in [0.25, 0.3) is 12.3 Å². The molecule has 11 rings (SSSR count). The molecule has 4 aliphatic heterocycles. The number of aromatic nitrogens is 6. The number of likely N-dealkylation sites (tertiary alicyclic amines) is 1. The third kappa shape index (κ3) is 8.64. The van der Waals surface area contributed by atoms with Crippen molar-refractivity contribution in [3.8, 4) is 29.0 Å². The van der Waals surface area contributed by atoms with Crippen molar-refractivity contribution in [3.63, 3.8) is 0 Å². The van der Waals surface area contributed by atoms with Crippen LogP contribution in [0, 0.1) is 27.6 Å². The highest BCUT2D eigenvalue weighted by atomic mass is 19.3. The second-order valence-electron chi connectivity index (χ2n) is 22.7. The predicted molar refractivity (Wildman–Crippen MR) is 271 cm³/mol. The number of aryl methyl sites for hydroxylation is 1. The van der Waals surface area contributed by atoms with Gasteiger partial charge in [0.1, 0.15) is 23.7 Å². The van der Waals surface area contributed by atoms with Crippen LogP contribution in [0.25, 0.3) is 11.4 Å². The van der Waals surface area contributed by atoms with E-state index in [9.17, 15) is 23.6 Å². The van der Waals surface area contributed by atoms with E-state index in [4.69, 9.17) is 14.6 Å². The number of hydrogen-bond donors (Lipinski definition) is 2. The van der Waals surface area contributed by atoms with E-state index in [-0.39, 0.29) is 57.8 Å². The number of alkyl halides is 2. The standard InChI is InChI=1S/C55H66F2N12O4/c1-33(70)66-25-19-44-43(30-66)49(68-22-7-8-35-26-42(48-60-63-64-61-48)41(47(56)57)28-45(35)68)62-69(44)39-17-23-65(24-18-39)38-15-20-55(21-16-38)31-67(32-55)37-12-9-34(10-13-37)50(71)59-51-53(2,3)52(54(51,4)5)73-40-14-11-36(29-58)46(27-40)72-6/h9-14,26-28,38-39,47,51-52H,7-8,15-25,30-32H2,1-6H3,(H,59,71)(H,60,61,63,64). The smallest absolute Gasteiger partial charge is 0.264 e. The molecule has 0 unspecified atom stereocenters. The van der Waals surface area contributed by atoms with E-state index in [2.05, 4.69) is 91.2 Å². The van der Waals surface area contributed by atoms with E-state index in [1.807, 2.05) is 17.0 Å². The number of amides is 2. The Balaban J connectivity index is 0.691. The van der Waals surface area contributed by atoms with Gasteiger partial charge in [0.05, 0.1) is 25.3 Å². The fourth-order valence-corrected chi connectivity index (χ4v) is 13.9. The number of piperidine rings is 1. The molecule has 384 valence electrons. The molecule has 3 aromatic carbocycles. The summed E-state index contributed by atoms with van der Waals surface area (Å²) in [6.07, 6.45) is 6.10. The maximum atomic E-state index is 14.7. The van der Waals surface area contributed by atoms with Crippen LogP contribution >= 0.6 is 0 Å². The van der Waals surface area contributed by atoms with E-state index >= 15 is 0 Å². The first kappa shape index (κ1) is 48.6. The minimum Gasteiger partial charge on any atom is -0.495 e. The molecule has 2 N–H and O–H groups in total. The Labute approximate surface area is 425 Å². The number of fused-ring (bicyclic) bond motifs is 2. The first-order chi connectivity index (χ1) is 35.1. The van der Waals surface area contributed by atoms with Gasteiger partial charge in [-0.15, -0.1) is 10.2 Å². The van der Waals surface area contributed by atoms with Crippen LogP contribution in [-0.2, 0) is 24.2 Å². The number of ether oxygens (including phenoxy) is 2. The zero-order valence-corrected chi connectivity index (χ0v) is 42.8. The quantitative estimate of drug-likeness (QED) is 0.129. The van der Waals surface area contributed by atoms with E-state index in [1.54, 1.807) is 44.4 Å². The fraction of sp³-hybridized carbons (Fsp3) is 0.545. The summed E-state index contributed by atoms with van der Waals surface area (Å²) in [5.41, 5.74) is 5.85. The highest BCUT2D eigenvalue weighted by molar-refractivity contribution is 5.95. The van der Waals surface area contributed by atoms with Crippen LogP contribution in [0.4, 0.5) is 26.0 Å². The SMILES string of the molecule is COc1cc(OC2C(C)(C)C(NC(=O)c3ccc(N4CC5(CCC(N6CCC(n7nc(N8CCCc9cc(-c%10nn[nH]n%10)c(C(F)F)cc98)c8c7CCN(C(C)=O)C8)CC6)CC5)C4)cc3)C2(C)C)ccc1C#N. The largest absolute Gasteiger partial charge is 0.495 e. The van der Waals surface area contributed by atoms with Crippen molar-refractivity contribution < 1.29 is 27.8 Å². The van der Waals surface area contributed by atoms with Crippen LogP contribution < -0.4 is 24.6 Å². The number of nitrogens with one attached hydrogen (secondary N) is 2. The number of methoxy groups -OCH3 is 1. The van der Waals surface area contributed by atoms with Crippen molar-refractivity contribution in [1.82, 2.24) is 45.5 Å². The van der Waals surface area contributed by atoms with Gasteiger partial charge in [0, 0.05) is 126 Å². The number of aromatic amines is 1. The van der Waals surface area contributed by atoms with E-state index in [1.165, 1.54) is 25.7 Å². The predicted octanol–water partition coefficient (Wildman–Crippen LogP) is 8.57. The third-order valence-corrected chi connectivity index (χ3v) is 17.5. The number of benzene rings is 3. The lowest BCUT2D eigenvalue weighted by molar-refractivity contribution is -0.164. The lowest BCUT2D eigenvalue weighted by atomic mass is 9.49. The van der Waals surface area contributed by atoms with Crippen LogP contribution in [0.5, 0.6) is 11.5 Å². The van der Waals surface area contributed by atoms with Crippen LogP contribution in [0.2, 0.25) is 0 Å². The van der Waals surface area contributed by atoms with Crippen molar-refractivity contribution in [3.05, 3.63) is 88.1 Å². The normalized spacial score (nSPS) is 22.5. The Morgan fingerprint density at radius 1 is 0.918 bits per heavy atom. The number of hydrogen-bond acceptors (Lipinski definition) is 12. The van der Waals surface area contributed by atoms with Crippen molar-refractivity contribution >= 4 is 29.0 Å². The van der Waals surface area contributed by atoms with Crippen LogP contribution in [0.1, 0.15) is 130 Å².